The van der Waals surface area contributed by atoms with Crippen LogP contribution in [-0.4, -0.2) is 119 Å². The molecule has 0 radical (unpaired) electrons. The third kappa shape index (κ3) is 9.24. The second-order valence-corrected chi connectivity index (χ2v) is 20.7. The van der Waals surface area contributed by atoms with Crippen molar-refractivity contribution in [1.29, 1.82) is 0 Å². The Morgan fingerprint density at radius 1 is 0.700 bits per heavy atom. The highest BCUT2D eigenvalue weighted by Crippen LogP contribution is 2.40. The first kappa shape index (κ1) is 46.7. The maximum absolute atomic E-state index is 14.3. The van der Waals surface area contributed by atoms with Gasteiger partial charge in [-0.25, -0.2) is 32.3 Å². The van der Waals surface area contributed by atoms with E-state index >= 15 is 0 Å². The standard InChI is InChI=1S/C52H57N9O8S/c1-68-51(64)57-44(31-9-5-4-6-10-31)49(62)60-23-7-11-42(60)47-53-30-41(55-47)38-16-15-34-27-33(13-14-35(34)29-38)36-17-19-39-37(28-36)18-20-40-46(39)56-48(54-40)43-12-8-24-61(43)50(63)45(58-52(65)69-2)32-21-25-59(26-22-32)70(3,66)67/h4-6,9-10,13-17,19,27-30,32,42-45H,7-8,11-12,18,20-26H2,1-3H3,(H,53,55)(H,54,56)(H,57,64)(H,58,65). The number of aromatic amines is 2. The molecule has 17 nitrogen and oxygen atoms in total. The van der Waals surface area contributed by atoms with Gasteiger partial charge in [-0.1, -0.05) is 72.8 Å². The number of alkyl carbamates (subject to hydrolysis) is 2. The number of sulfonamides is 1. The highest BCUT2D eigenvalue weighted by atomic mass is 32.2. The highest BCUT2D eigenvalue weighted by Gasteiger charge is 2.42. The van der Waals surface area contributed by atoms with E-state index in [1.807, 2.05) is 41.4 Å². The molecule has 4 amide bonds. The first-order valence-corrected chi connectivity index (χ1v) is 25.8. The van der Waals surface area contributed by atoms with Crippen molar-refractivity contribution in [3.05, 3.63) is 120 Å². The summed E-state index contributed by atoms with van der Waals surface area (Å²) in [6.45, 7) is 1.63. The van der Waals surface area contributed by atoms with Crippen LogP contribution in [0.15, 0.2) is 91.1 Å². The van der Waals surface area contributed by atoms with Crippen LogP contribution in [0, 0.1) is 5.92 Å². The van der Waals surface area contributed by atoms with Crippen molar-refractivity contribution in [3.8, 4) is 33.6 Å². The fourth-order valence-electron chi connectivity index (χ4n) is 10.9. The van der Waals surface area contributed by atoms with Crippen molar-refractivity contribution in [3.63, 3.8) is 0 Å². The van der Waals surface area contributed by atoms with Crippen LogP contribution in [0.1, 0.15) is 85.1 Å². The second-order valence-electron chi connectivity index (χ2n) is 18.8. The number of nitrogens with zero attached hydrogens (tertiary/aromatic N) is 5. The number of imidazole rings is 2. The Labute approximate surface area is 406 Å². The SMILES string of the molecule is COC(=O)NC(C(=O)N1CCCC1c1ncc(-c2ccc3cc(-c4ccc5c(c4)CCc4[nH]c(C6CCCN6C(=O)C(NC(=O)OC)C6CCN(S(C)(=O)=O)CC6)nc4-5)ccc3c2)[nH]1)c1ccccc1. The minimum Gasteiger partial charge on any atom is -0.453 e. The van der Waals surface area contributed by atoms with E-state index < -0.39 is 34.3 Å². The van der Waals surface area contributed by atoms with E-state index in [-0.39, 0.29) is 42.9 Å². The lowest BCUT2D eigenvalue weighted by Crippen LogP contribution is -2.54. The van der Waals surface area contributed by atoms with Crippen LogP contribution < -0.4 is 10.6 Å². The molecule has 3 fully saturated rings. The van der Waals surface area contributed by atoms with Gasteiger partial charge in [0.1, 0.15) is 23.7 Å². The predicted molar refractivity (Wildman–Crippen MR) is 263 cm³/mol. The summed E-state index contributed by atoms with van der Waals surface area (Å²) < 4.78 is 35.6. The molecule has 6 aromatic rings. The van der Waals surface area contributed by atoms with E-state index in [0.717, 1.165) is 94.5 Å². The Morgan fingerprint density at radius 2 is 1.33 bits per heavy atom. The molecule has 364 valence electrons. The first-order valence-electron chi connectivity index (χ1n) is 24.0. The molecule has 4 atom stereocenters. The summed E-state index contributed by atoms with van der Waals surface area (Å²) in [5.74, 6) is 0.754. The zero-order valence-electron chi connectivity index (χ0n) is 39.4. The number of benzene rings is 4. The summed E-state index contributed by atoms with van der Waals surface area (Å²) in [5.41, 5.74) is 8.90. The number of rotatable bonds is 11. The van der Waals surface area contributed by atoms with Gasteiger partial charge in [-0.2, -0.15) is 0 Å². The first-order chi connectivity index (χ1) is 33.9. The largest absolute Gasteiger partial charge is 0.453 e. The third-order valence-corrected chi connectivity index (χ3v) is 15.9. The Bertz CT molecular complexity index is 3070. The van der Waals surface area contributed by atoms with Gasteiger partial charge in [0.05, 0.1) is 50.1 Å². The molecule has 3 aliphatic heterocycles. The summed E-state index contributed by atoms with van der Waals surface area (Å²) in [6, 6.07) is 26.2. The van der Waals surface area contributed by atoms with Crippen molar-refractivity contribution in [2.75, 3.05) is 46.7 Å². The van der Waals surface area contributed by atoms with Gasteiger partial charge < -0.3 is 39.9 Å². The predicted octanol–water partition coefficient (Wildman–Crippen LogP) is 7.21. The minimum atomic E-state index is -3.36. The van der Waals surface area contributed by atoms with Crippen molar-refractivity contribution >= 4 is 44.8 Å². The monoisotopic (exact) mass is 967 g/mol. The lowest BCUT2D eigenvalue weighted by atomic mass is 9.89. The van der Waals surface area contributed by atoms with Gasteiger partial charge in [-0.05, 0) is 102 Å². The number of amides is 4. The number of methoxy groups -OCH3 is 2. The molecule has 4 aromatic carbocycles. The summed E-state index contributed by atoms with van der Waals surface area (Å²) >= 11 is 0. The molecular weight excluding hydrogens is 911 g/mol. The second kappa shape index (κ2) is 19.4. The lowest BCUT2D eigenvalue weighted by Gasteiger charge is -2.36. The Balaban J connectivity index is 0.833. The van der Waals surface area contributed by atoms with Gasteiger partial charge in [0, 0.05) is 43.0 Å². The Hall–Kier alpha value is -7.05. The van der Waals surface area contributed by atoms with Gasteiger partial charge in [0.2, 0.25) is 15.9 Å². The van der Waals surface area contributed by atoms with E-state index in [4.69, 9.17) is 19.4 Å². The van der Waals surface area contributed by atoms with Crippen LogP contribution in [0.3, 0.4) is 0 Å². The van der Waals surface area contributed by atoms with Crippen LogP contribution in [-0.2, 0) is 41.9 Å². The van der Waals surface area contributed by atoms with Gasteiger partial charge in [-0.3, -0.25) is 9.59 Å². The number of carbonyl (C=O) groups excluding carboxylic acids is 4. The van der Waals surface area contributed by atoms with Crippen molar-refractivity contribution in [1.82, 2.24) is 44.7 Å². The highest BCUT2D eigenvalue weighted by molar-refractivity contribution is 7.88. The lowest BCUT2D eigenvalue weighted by molar-refractivity contribution is -0.136. The molecule has 4 aliphatic rings. The van der Waals surface area contributed by atoms with Gasteiger partial charge in [0.15, 0.2) is 0 Å². The zero-order valence-corrected chi connectivity index (χ0v) is 40.3. The summed E-state index contributed by atoms with van der Waals surface area (Å²) in [7, 11) is -0.812. The number of hydrogen-bond donors (Lipinski definition) is 4. The third-order valence-electron chi connectivity index (χ3n) is 14.6. The van der Waals surface area contributed by atoms with E-state index in [0.29, 0.717) is 37.3 Å². The number of aryl methyl sites for hydroxylation is 2. The average molecular weight is 968 g/mol. The number of aromatic nitrogens is 4. The molecule has 0 bridgehead atoms. The molecular formula is C52H57N9O8S. The summed E-state index contributed by atoms with van der Waals surface area (Å²) in [6.07, 6.45) is 7.18. The summed E-state index contributed by atoms with van der Waals surface area (Å²) in [5, 5.41) is 7.68. The number of likely N-dealkylation sites (tertiary alicyclic amines) is 2. The molecule has 5 heterocycles. The molecule has 4 unspecified atom stereocenters. The van der Waals surface area contributed by atoms with E-state index in [1.165, 1.54) is 30.3 Å². The number of H-pyrrole nitrogens is 2. The number of hydrogen-bond acceptors (Lipinski definition) is 10. The van der Waals surface area contributed by atoms with Crippen molar-refractivity contribution < 1.29 is 37.1 Å². The van der Waals surface area contributed by atoms with Crippen LogP contribution >= 0.6 is 0 Å². The zero-order chi connectivity index (χ0) is 48.7. The maximum atomic E-state index is 14.3. The topological polar surface area (TPSA) is 212 Å². The maximum Gasteiger partial charge on any atom is 0.407 e. The number of piperidine rings is 1. The molecule has 4 N–H and O–H groups in total. The van der Waals surface area contributed by atoms with E-state index in [9.17, 15) is 27.6 Å². The minimum absolute atomic E-state index is 0.209. The average Bonchev–Trinajstić information content (AvgIpc) is 4.23. The van der Waals surface area contributed by atoms with Crippen LogP contribution in [0.2, 0.25) is 0 Å². The van der Waals surface area contributed by atoms with Crippen LogP contribution in [0.25, 0.3) is 44.4 Å². The smallest absolute Gasteiger partial charge is 0.407 e. The van der Waals surface area contributed by atoms with Crippen LogP contribution in [0.5, 0.6) is 0 Å². The number of fused-ring (bicyclic) bond motifs is 4. The molecule has 3 saturated heterocycles. The molecule has 10 rings (SSSR count). The van der Waals surface area contributed by atoms with E-state index in [1.54, 1.807) is 4.90 Å². The van der Waals surface area contributed by atoms with Gasteiger partial charge >= 0.3 is 12.2 Å². The Kier molecular flexibility index (Phi) is 12.9. The fourth-order valence-corrected chi connectivity index (χ4v) is 11.8. The normalized spacial score (nSPS) is 19.3. The molecule has 18 heteroatoms. The molecule has 0 spiro atoms. The van der Waals surface area contributed by atoms with E-state index in [2.05, 4.69) is 75.2 Å². The fraction of sp³-hybridized carbons (Fsp3) is 0.385. The van der Waals surface area contributed by atoms with Crippen molar-refractivity contribution in [2.45, 2.75) is 75.5 Å². The molecule has 70 heavy (non-hydrogen) atoms. The number of nitrogens with one attached hydrogen (secondary N) is 4. The van der Waals surface area contributed by atoms with Gasteiger partial charge in [-0.15, -0.1) is 0 Å². The quantitative estimate of drug-likeness (QED) is 0.103. The van der Waals surface area contributed by atoms with Gasteiger partial charge in [0.25, 0.3) is 5.91 Å². The van der Waals surface area contributed by atoms with Crippen LogP contribution in [0.4, 0.5) is 9.59 Å². The Morgan fingerprint density at radius 3 is 2.03 bits per heavy atom. The number of ether oxygens (including phenoxy) is 2. The summed E-state index contributed by atoms with van der Waals surface area (Å²) in [4.78, 5) is 73.8. The molecule has 2 aromatic heterocycles. The number of carbonyl (C=O) groups is 4. The molecule has 0 saturated carbocycles. The van der Waals surface area contributed by atoms with Crippen molar-refractivity contribution in [2.24, 2.45) is 5.92 Å². The molecule has 1 aliphatic carbocycles.